The van der Waals surface area contributed by atoms with Gasteiger partial charge in [-0.05, 0) is 30.7 Å². The summed E-state index contributed by atoms with van der Waals surface area (Å²) < 4.78 is 0. The Morgan fingerprint density at radius 3 is 2.46 bits per heavy atom. The van der Waals surface area contributed by atoms with Gasteiger partial charge in [-0.15, -0.1) is 11.8 Å². The summed E-state index contributed by atoms with van der Waals surface area (Å²) in [4.78, 5) is 1.24. The third-order valence-electron chi connectivity index (χ3n) is 1.83. The van der Waals surface area contributed by atoms with E-state index in [1.165, 1.54) is 4.90 Å². The summed E-state index contributed by atoms with van der Waals surface area (Å²) in [5, 5.41) is 1.30. The van der Waals surface area contributed by atoms with Gasteiger partial charge in [-0.3, -0.25) is 0 Å². The summed E-state index contributed by atoms with van der Waals surface area (Å²) in [6, 6.07) is 7.89. The Morgan fingerprint density at radius 2 is 2.00 bits per heavy atom. The van der Waals surface area contributed by atoms with Crippen LogP contribution in [-0.4, -0.2) is 11.8 Å². The van der Waals surface area contributed by atoms with Gasteiger partial charge in [-0.1, -0.05) is 18.5 Å². The van der Waals surface area contributed by atoms with Gasteiger partial charge < -0.3 is 5.73 Å². The van der Waals surface area contributed by atoms with Crippen molar-refractivity contribution in [2.75, 3.05) is 6.54 Å². The number of hydrogen-bond donors (Lipinski definition) is 1. The first-order valence-electron chi connectivity index (χ1n) is 4.38. The van der Waals surface area contributed by atoms with Crippen LogP contribution in [0.1, 0.15) is 13.3 Å². The molecule has 0 bridgehead atoms. The molecule has 0 spiro atoms. The smallest absolute Gasteiger partial charge is 0.0406 e. The third-order valence-corrected chi connectivity index (χ3v) is 3.49. The van der Waals surface area contributed by atoms with E-state index in [4.69, 9.17) is 17.3 Å². The van der Waals surface area contributed by atoms with Crippen LogP contribution in [0.2, 0.25) is 5.02 Å². The molecule has 0 aliphatic carbocycles. The van der Waals surface area contributed by atoms with Crippen molar-refractivity contribution in [3.63, 3.8) is 0 Å². The topological polar surface area (TPSA) is 26.0 Å². The zero-order chi connectivity index (χ0) is 9.68. The molecular weight excluding hydrogens is 202 g/mol. The van der Waals surface area contributed by atoms with Gasteiger partial charge in [-0.25, -0.2) is 0 Å². The average Bonchev–Trinajstić information content (AvgIpc) is 2.17. The summed E-state index contributed by atoms with van der Waals surface area (Å²) >= 11 is 7.60. The molecule has 0 aliphatic rings. The average molecular weight is 216 g/mol. The summed E-state index contributed by atoms with van der Waals surface area (Å²) in [5.41, 5.74) is 5.61. The maximum atomic E-state index is 5.78. The Bertz CT molecular complexity index is 244. The largest absolute Gasteiger partial charge is 0.329 e. The Morgan fingerprint density at radius 1 is 1.38 bits per heavy atom. The van der Waals surface area contributed by atoms with Crippen LogP contribution in [0.3, 0.4) is 0 Å². The molecule has 0 amide bonds. The second-order valence-electron chi connectivity index (χ2n) is 2.84. The highest BCUT2D eigenvalue weighted by Crippen LogP contribution is 2.25. The minimum absolute atomic E-state index is 0.515. The van der Waals surface area contributed by atoms with Crippen molar-refractivity contribution in [1.82, 2.24) is 0 Å². The van der Waals surface area contributed by atoms with E-state index < -0.39 is 0 Å². The van der Waals surface area contributed by atoms with Crippen LogP contribution >= 0.6 is 23.4 Å². The van der Waals surface area contributed by atoms with Gasteiger partial charge in [-0.2, -0.15) is 0 Å². The molecule has 1 nitrogen and oxygen atoms in total. The van der Waals surface area contributed by atoms with E-state index in [0.29, 0.717) is 5.25 Å². The molecule has 0 aromatic heterocycles. The van der Waals surface area contributed by atoms with Crippen LogP contribution in [0.4, 0.5) is 0 Å². The molecule has 0 fully saturated rings. The SMILES string of the molecule is CCC(CN)Sc1ccc(Cl)cc1. The summed E-state index contributed by atoms with van der Waals surface area (Å²) in [5.74, 6) is 0. The van der Waals surface area contributed by atoms with Crippen molar-refractivity contribution in [1.29, 1.82) is 0 Å². The number of nitrogens with two attached hydrogens (primary N) is 1. The number of thioether (sulfide) groups is 1. The molecule has 0 aliphatic heterocycles. The van der Waals surface area contributed by atoms with Crippen molar-refractivity contribution in [2.45, 2.75) is 23.5 Å². The van der Waals surface area contributed by atoms with Gasteiger partial charge in [0.1, 0.15) is 0 Å². The lowest BCUT2D eigenvalue weighted by atomic mass is 10.3. The van der Waals surface area contributed by atoms with Gasteiger partial charge in [0.2, 0.25) is 0 Å². The van der Waals surface area contributed by atoms with E-state index in [-0.39, 0.29) is 0 Å². The number of halogens is 1. The van der Waals surface area contributed by atoms with E-state index in [2.05, 4.69) is 6.92 Å². The van der Waals surface area contributed by atoms with Gasteiger partial charge in [0.05, 0.1) is 0 Å². The fourth-order valence-electron chi connectivity index (χ4n) is 1.00. The van der Waals surface area contributed by atoms with Crippen molar-refractivity contribution in [3.05, 3.63) is 29.3 Å². The molecule has 0 heterocycles. The summed E-state index contributed by atoms with van der Waals surface area (Å²) in [6.45, 7) is 2.88. The molecule has 72 valence electrons. The van der Waals surface area contributed by atoms with Crippen LogP contribution in [0, 0.1) is 0 Å². The van der Waals surface area contributed by atoms with E-state index >= 15 is 0 Å². The highest BCUT2D eigenvalue weighted by Gasteiger charge is 2.04. The molecule has 1 atom stereocenters. The Kier molecular flexibility index (Phi) is 4.64. The number of hydrogen-bond acceptors (Lipinski definition) is 2. The standard InChI is InChI=1S/C10H14ClNS/c1-2-9(7-12)13-10-5-3-8(11)4-6-10/h3-6,9H,2,7,12H2,1H3. The van der Waals surface area contributed by atoms with Crippen LogP contribution in [-0.2, 0) is 0 Å². The minimum Gasteiger partial charge on any atom is -0.329 e. The predicted octanol–water partition coefficient (Wildman–Crippen LogP) is 3.17. The van der Waals surface area contributed by atoms with E-state index in [1.54, 1.807) is 0 Å². The monoisotopic (exact) mass is 215 g/mol. The Labute approximate surface area is 88.7 Å². The lowest BCUT2D eigenvalue weighted by Gasteiger charge is -2.11. The molecule has 2 N–H and O–H groups in total. The van der Waals surface area contributed by atoms with E-state index in [0.717, 1.165) is 18.0 Å². The first-order chi connectivity index (χ1) is 6.26. The van der Waals surface area contributed by atoms with Crippen molar-refractivity contribution in [2.24, 2.45) is 5.73 Å². The Balaban J connectivity index is 2.58. The Hall–Kier alpha value is -0.180. The number of rotatable bonds is 4. The zero-order valence-corrected chi connectivity index (χ0v) is 9.24. The molecule has 0 saturated heterocycles. The molecule has 1 rings (SSSR count). The predicted molar refractivity (Wildman–Crippen MR) is 60.4 cm³/mol. The maximum absolute atomic E-state index is 5.78. The van der Waals surface area contributed by atoms with Gasteiger partial charge in [0.15, 0.2) is 0 Å². The van der Waals surface area contributed by atoms with Gasteiger partial charge >= 0.3 is 0 Å². The molecule has 3 heteroatoms. The van der Waals surface area contributed by atoms with Crippen LogP contribution in [0.25, 0.3) is 0 Å². The highest BCUT2D eigenvalue weighted by molar-refractivity contribution is 8.00. The molecule has 0 radical (unpaired) electrons. The van der Waals surface area contributed by atoms with Crippen molar-refractivity contribution in [3.8, 4) is 0 Å². The van der Waals surface area contributed by atoms with Crippen LogP contribution < -0.4 is 5.73 Å². The minimum atomic E-state index is 0.515. The third kappa shape index (κ3) is 3.59. The normalized spacial score (nSPS) is 12.8. The zero-order valence-electron chi connectivity index (χ0n) is 7.66. The van der Waals surface area contributed by atoms with E-state index in [1.807, 2.05) is 36.0 Å². The maximum Gasteiger partial charge on any atom is 0.0406 e. The first-order valence-corrected chi connectivity index (χ1v) is 5.64. The second kappa shape index (κ2) is 5.53. The van der Waals surface area contributed by atoms with Crippen LogP contribution in [0.5, 0.6) is 0 Å². The lowest BCUT2D eigenvalue weighted by Crippen LogP contribution is -2.15. The molecule has 0 saturated carbocycles. The lowest BCUT2D eigenvalue weighted by molar-refractivity contribution is 0.827. The fraction of sp³-hybridized carbons (Fsp3) is 0.400. The van der Waals surface area contributed by atoms with E-state index in [9.17, 15) is 0 Å². The summed E-state index contributed by atoms with van der Waals surface area (Å²) in [7, 11) is 0. The van der Waals surface area contributed by atoms with Crippen molar-refractivity contribution >= 4 is 23.4 Å². The van der Waals surface area contributed by atoms with Gasteiger partial charge in [0, 0.05) is 21.7 Å². The molecule has 1 aromatic rings. The van der Waals surface area contributed by atoms with Crippen LogP contribution in [0.15, 0.2) is 29.2 Å². The molecule has 1 aromatic carbocycles. The molecular formula is C10H14ClNS. The molecule has 1 unspecified atom stereocenters. The quantitative estimate of drug-likeness (QED) is 0.781. The fourth-order valence-corrected chi connectivity index (χ4v) is 2.07. The molecule has 13 heavy (non-hydrogen) atoms. The van der Waals surface area contributed by atoms with Crippen molar-refractivity contribution < 1.29 is 0 Å². The number of benzene rings is 1. The highest BCUT2D eigenvalue weighted by atomic mass is 35.5. The summed E-state index contributed by atoms with van der Waals surface area (Å²) in [6.07, 6.45) is 1.10. The van der Waals surface area contributed by atoms with Gasteiger partial charge in [0.25, 0.3) is 0 Å². The second-order valence-corrected chi connectivity index (χ2v) is 4.65. The first kappa shape index (κ1) is 10.9.